The minimum atomic E-state index is -1.05. The molecule has 0 aromatic heterocycles. The van der Waals surface area contributed by atoms with E-state index < -0.39 is 12.2 Å². The summed E-state index contributed by atoms with van der Waals surface area (Å²) < 4.78 is 28.7. The first-order valence-electron chi connectivity index (χ1n) is 11.9. The number of nitrogens with two attached hydrogens (primary N) is 1. The maximum Gasteiger partial charge on any atom is 0.134 e. The van der Waals surface area contributed by atoms with Gasteiger partial charge in [0.2, 0.25) is 0 Å². The number of benzene rings is 2. The Morgan fingerprint density at radius 3 is 2.27 bits per heavy atom. The van der Waals surface area contributed by atoms with Crippen LogP contribution in [-0.4, -0.2) is 48.3 Å². The highest BCUT2D eigenvalue weighted by Gasteiger charge is 2.38. The van der Waals surface area contributed by atoms with E-state index in [0.717, 1.165) is 35.5 Å². The van der Waals surface area contributed by atoms with E-state index in [2.05, 4.69) is 12.6 Å². The lowest BCUT2D eigenvalue weighted by Crippen LogP contribution is -2.41. The van der Waals surface area contributed by atoms with Crippen LogP contribution in [0.4, 0.5) is 8.78 Å². The summed E-state index contributed by atoms with van der Waals surface area (Å²) in [5, 5.41) is 0.778. The van der Waals surface area contributed by atoms with Crippen LogP contribution in [0.3, 0.4) is 0 Å². The molecule has 0 bridgehead atoms. The third-order valence-corrected chi connectivity index (χ3v) is 7.13. The molecule has 0 amide bonds. The molecule has 3 fully saturated rings. The highest BCUT2D eigenvalue weighted by Crippen LogP contribution is 2.29. The smallest absolute Gasteiger partial charge is 0.134 e. The summed E-state index contributed by atoms with van der Waals surface area (Å²) in [6.45, 7) is 2.30. The minimum absolute atomic E-state index is 0.174. The van der Waals surface area contributed by atoms with Crippen molar-refractivity contribution in [3.63, 3.8) is 0 Å². The first-order valence-corrected chi connectivity index (χ1v) is 12.4. The van der Waals surface area contributed by atoms with Crippen LogP contribution in [0.25, 0.3) is 11.1 Å². The Bertz CT molecular complexity index is 917. The number of hydrogen-bond donors (Lipinski definition) is 2. The number of aryl methyl sites for hydroxylation is 1. The molecule has 0 spiro atoms. The first-order chi connectivity index (χ1) is 15.8. The number of likely N-dealkylation sites (N-methyl/N-ethyl adjacent to an activating group) is 1. The molecule has 33 heavy (non-hydrogen) atoms. The number of halogens is 2. The van der Waals surface area contributed by atoms with Crippen molar-refractivity contribution in [1.82, 2.24) is 4.90 Å². The van der Waals surface area contributed by atoms with Crippen LogP contribution in [0.1, 0.15) is 43.2 Å². The average molecular weight is 475 g/mol. The first kappa shape index (κ1) is 25.9. The summed E-state index contributed by atoms with van der Waals surface area (Å²) >= 11 is 4.08. The fourth-order valence-electron chi connectivity index (χ4n) is 4.01. The van der Waals surface area contributed by atoms with Crippen LogP contribution in [0.2, 0.25) is 0 Å². The Morgan fingerprint density at radius 2 is 1.82 bits per heavy atom. The zero-order valence-corrected chi connectivity index (χ0v) is 20.5. The van der Waals surface area contributed by atoms with E-state index in [1.54, 1.807) is 12.1 Å². The summed E-state index contributed by atoms with van der Waals surface area (Å²) in [7, 11) is 1.84. The molecule has 5 rings (SSSR count). The third kappa shape index (κ3) is 7.36. The summed E-state index contributed by atoms with van der Waals surface area (Å²) in [6.07, 6.45) is 6.68. The van der Waals surface area contributed by atoms with Gasteiger partial charge in [0.25, 0.3) is 0 Å². The van der Waals surface area contributed by atoms with Gasteiger partial charge in [-0.2, -0.15) is 12.6 Å². The zero-order chi connectivity index (χ0) is 24.0. The maximum atomic E-state index is 14.9. The Hall–Kier alpha value is -1.76. The molecule has 2 aromatic rings. The number of thiol groups is 1. The van der Waals surface area contributed by atoms with E-state index in [1.807, 2.05) is 49.2 Å². The quantitative estimate of drug-likeness (QED) is 0.462. The Balaban J connectivity index is 0.000000250. The number of nitrogens with zero attached hydrogens (tertiary/aromatic N) is 1. The van der Waals surface area contributed by atoms with Gasteiger partial charge in [-0.15, -0.1) is 0 Å². The molecule has 2 aromatic carbocycles. The van der Waals surface area contributed by atoms with Gasteiger partial charge in [-0.05, 0) is 57.2 Å². The number of aldehydes is 1. The molecular formula is C27H36F2N2OS. The molecule has 2 aliphatic carbocycles. The van der Waals surface area contributed by atoms with Crippen molar-refractivity contribution >= 4 is 18.9 Å². The molecule has 1 heterocycles. The summed E-state index contributed by atoms with van der Waals surface area (Å²) in [5.74, 6) is 0.200. The van der Waals surface area contributed by atoms with Crippen molar-refractivity contribution in [1.29, 1.82) is 0 Å². The van der Waals surface area contributed by atoms with E-state index >= 15 is 0 Å². The standard InChI is InChI=1S/C19H22F2N2.C5H8O.C3H6S/c1-12-5-3-6-13(9-12)15-8-4-7-14(18(15)21)10-17-19(22)16(20)11-23(17)2;6-4-5-2-1-3-5;4-3-1-2-3/h3-9,16-17,19H,10-11,22H2,1-2H3;4-5H,1-3H2;3-4H,1-2H2. The van der Waals surface area contributed by atoms with Crippen LogP contribution >= 0.6 is 12.6 Å². The number of carbonyl (C=O) groups is 1. The molecule has 2 saturated carbocycles. The highest BCUT2D eigenvalue weighted by atomic mass is 32.1. The van der Waals surface area contributed by atoms with Gasteiger partial charge in [-0.25, -0.2) is 8.78 Å². The highest BCUT2D eigenvalue weighted by molar-refractivity contribution is 7.81. The molecule has 3 aliphatic rings. The summed E-state index contributed by atoms with van der Waals surface area (Å²) in [4.78, 5) is 11.7. The second kappa shape index (κ2) is 12.1. The minimum Gasteiger partial charge on any atom is -0.324 e. The summed E-state index contributed by atoms with van der Waals surface area (Å²) in [5.41, 5.74) is 9.06. The van der Waals surface area contributed by atoms with Gasteiger partial charge in [0, 0.05) is 29.3 Å². The molecule has 2 N–H and O–H groups in total. The largest absolute Gasteiger partial charge is 0.324 e. The number of alkyl halides is 1. The van der Waals surface area contributed by atoms with E-state index in [4.69, 9.17) is 5.73 Å². The van der Waals surface area contributed by atoms with E-state index in [1.165, 1.54) is 19.3 Å². The number of carbonyl (C=O) groups excluding carboxylic acids is 1. The lowest BCUT2D eigenvalue weighted by Gasteiger charge is -2.23. The lowest BCUT2D eigenvalue weighted by molar-refractivity contribution is -0.113. The number of rotatable bonds is 4. The number of likely N-dealkylation sites (tertiary alicyclic amines) is 1. The fraction of sp³-hybridized carbons (Fsp3) is 0.519. The molecular weight excluding hydrogens is 438 g/mol. The van der Waals surface area contributed by atoms with Crippen LogP contribution in [0.15, 0.2) is 42.5 Å². The SMILES string of the molecule is Cc1cccc(-c2cccc(CC3C(N)C(F)CN3C)c2F)c1.O=CC1CCC1.SC1CC1. The van der Waals surface area contributed by atoms with Gasteiger partial charge in [-0.1, -0.05) is 54.4 Å². The van der Waals surface area contributed by atoms with Crippen molar-refractivity contribution in [2.45, 2.75) is 69.0 Å². The van der Waals surface area contributed by atoms with Crippen molar-refractivity contribution in [3.05, 3.63) is 59.4 Å². The van der Waals surface area contributed by atoms with Crippen LogP contribution in [0, 0.1) is 18.7 Å². The molecule has 3 nitrogen and oxygen atoms in total. The maximum absolute atomic E-state index is 14.9. The normalized spacial score (nSPS) is 24.7. The van der Waals surface area contributed by atoms with Gasteiger partial charge in [0.1, 0.15) is 18.3 Å². The van der Waals surface area contributed by atoms with Crippen molar-refractivity contribution in [2.75, 3.05) is 13.6 Å². The van der Waals surface area contributed by atoms with E-state index in [0.29, 0.717) is 30.0 Å². The van der Waals surface area contributed by atoms with E-state index in [-0.39, 0.29) is 11.9 Å². The fourth-order valence-corrected chi connectivity index (χ4v) is 4.16. The molecule has 0 radical (unpaired) electrons. The van der Waals surface area contributed by atoms with Crippen LogP contribution in [-0.2, 0) is 11.2 Å². The second-order valence-electron chi connectivity index (χ2n) is 9.51. The summed E-state index contributed by atoms with van der Waals surface area (Å²) in [6, 6.07) is 12.4. The van der Waals surface area contributed by atoms with Crippen molar-refractivity contribution in [2.24, 2.45) is 11.7 Å². The molecule has 180 valence electrons. The van der Waals surface area contributed by atoms with Gasteiger partial charge < -0.3 is 10.5 Å². The average Bonchev–Trinajstić information content (AvgIpc) is 3.50. The molecule has 3 atom stereocenters. The lowest BCUT2D eigenvalue weighted by atomic mass is 9.87. The zero-order valence-electron chi connectivity index (χ0n) is 19.6. The monoisotopic (exact) mass is 474 g/mol. The number of hydrogen-bond acceptors (Lipinski definition) is 4. The van der Waals surface area contributed by atoms with Crippen LogP contribution in [0.5, 0.6) is 0 Å². The predicted octanol–water partition coefficient (Wildman–Crippen LogP) is 5.39. The Kier molecular flexibility index (Phi) is 9.47. The Morgan fingerprint density at radius 1 is 1.15 bits per heavy atom. The molecule has 3 unspecified atom stereocenters. The Labute approximate surface area is 202 Å². The topological polar surface area (TPSA) is 46.3 Å². The molecule has 1 saturated heterocycles. The van der Waals surface area contributed by atoms with Gasteiger partial charge >= 0.3 is 0 Å². The van der Waals surface area contributed by atoms with Crippen molar-refractivity contribution < 1.29 is 13.6 Å². The van der Waals surface area contributed by atoms with E-state index in [9.17, 15) is 13.6 Å². The van der Waals surface area contributed by atoms with Crippen molar-refractivity contribution in [3.8, 4) is 11.1 Å². The predicted molar refractivity (Wildman–Crippen MR) is 135 cm³/mol. The van der Waals surface area contributed by atoms with Gasteiger partial charge in [-0.3, -0.25) is 4.90 Å². The van der Waals surface area contributed by atoms with Gasteiger partial charge in [0.15, 0.2) is 0 Å². The third-order valence-electron chi connectivity index (χ3n) is 6.62. The van der Waals surface area contributed by atoms with Crippen LogP contribution < -0.4 is 5.73 Å². The molecule has 6 heteroatoms. The molecule has 1 aliphatic heterocycles. The second-order valence-corrected chi connectivity index (χ2v) is 10.2. The van der Waals surface area contributed by atoms with Gasteiger partial charge in [0.05, 0.1) is 6.04 Å².